The predicted molar refractivity (Wildman–Crippen MR) is 134 cm³/mol. The van der Waals surface area contributed by atoms with Crippen molar-refractivity contribution in [3.8, 4) is 5.75 Å². The molecule has 1 aliphatic rings. The van der Waals surface area contributed by atoms with E-state index in [1.54, 1.807) is 25.3 Å². The van der Waals surface area contributed by atoms with Crippen LogP contribution in [-0.4, -0.2) is 25.5 Å². The Hall–Kier alpha value is -2.86. The van der Waals surface area contributed by atoms with Gasteiger partial charge in [-0.3, -0.25) is 9.59 Å². The van der Waals surface area contributed by atoms with Crippen molar-refractivity contribution in [2.45, 2.75) is 64.8 Å². The third kappa shape index (κ3) is 7.06. The number of hydrogen-bond acceptors (Lipinski definition) is 4. The number of hydrogen-bond donors (Lipinski definition) is 3. The van der Waals surface area contributed by atoms with Crippen molar-refractivity contribution >= 4 is 23.2 Å². The maximum Gasteiger partial charge on any atom is 0.238 e. The second-order valence-corrected chi connectivity index (χ2v) is 9.25. The van der Waals surface area contributed by atoms with Crippen molar-refractivity contribution < 1.29 is 14.3 Å². The molecular weight excluding hydrogens is 414 g/mol. The summed E-state index contributed by atoms with van der Waals surface area (Å²) < 4.78 is 5.35. The number of methoxy groups -OCH3 is 1. The average molecular weight is 452 g/mol. The first-order valence-corrected chi connectivity index (χ1v) is 12.0. The van der Waals surface area contributed by atoms with Crippen LogP contribution in [0, 0.1) is 5.92 Å². The monoisotopic (exact) mass is 451 g/mol. The lowest BCUT2D eigenvalue weighted by Gasteiger charge is -2.25. The van der Waals surface area contributed by atoms with E-state index in [1.165, 1.54) is 50.2 Å². The molecule has 3 rings (SSSR count). The van der Waals surface area contributed by atoms with Gasteiger partial charge in [-0.15, -0.1) is 0 Å². The average Bonchev–Trinajstić information content (AvgIpc) is 2.80. The molecule has 2 aromatic rings. The second kappa shape index (κ2) is 11.8. The molecule has 0 saturated heterocycles. The second-order valence-electron chi connectivity index (χ2n) is 9.25. The van der Waals surface area contributed by atoms with Crippen LogP contribution in [0.1, 0.15) is 76.0 Å². The summed E-state index contributed by atoms with van der Waals surface area (Å²) in [4.78, 5) is 24.1. The molecule has 1 fully saturated rings. The summed E-state index contributed by atoms with van der Waals surface area (Å²) in [5.41, 5.74) is 3.76. The minimum absolute atomic E-state index is 0.0729. The first-order chi connectivity index (χ1) is 15.9. The van der Waals surface area contributed by atoms with Crippen molar-refractivity contribution in [2.75, 3.05) is 24.3 Å². The minimum Gasteiger partial charge on any atom is -0.495 e. The van der Waals surface area contributed by atoms with Crippen LogP contribution < -0.4 is 20.7 Å². The molecule has 2 amide bonds. The lowest BCUT2D eigenvalue weighted by molar-refractivity contribution is -0.116. The minimum atomic E-state index is -0.173. The number of amides is 2. The molecule has 33 heavy (non-hydrogen) atoms. The fourth-order valence-electron chi connectivity index (χ4n) is 4.63. The Bertz CT molecular complexity index is 934. The van der Waals surface area contributed by atoms with Crippen LogP contribution in [0.2, 0.25) is 0 Å². The Balaban J connectivity index is 1.63. The molecule has 2 aromatic carbocycles. The van der Waals surface area contributed by atoms with Gasteiger partial charge in [0.1, 0.15) is 5.75 Å². The Morgan fingerprint density at radius 1 is 1.00 bits per heavy atom. The highest BCUT2D eigenvalue weighted by Crippen LogP contribution is 2.33. The van der Waals surface area contributed by atoms with Crippen molar-refractivity contribution in [1.82, 2.24) is 5.32 Å². The molecule has 0 bridgehead atoms. The summed E-state index contributed by atoms with van der Waals surface area (Å²) in [6.07, 6.45) is 6.60. The van der Waals surface area contributed by atoms with Crippen LogP contribution in [0.4, 0.5) is 11.4 Å². The number of carbonyl (C=O) groups excluding carboxylic acids is 2. The summed E-state index contributed by atoms with van der Waals surface area (Å²) in [5.74, 6) is 1.21. The summed E-state index contributed by atoms with van der Waals surface area (Å²) >= 11 is 0. The number of nitrogens with one attached hydrogen (secondary N) is 3. The maximum atomic E-state index is 12.7. The van der Waals surface area contributed by atoms with Crippen molar-refractivity contribution in [2.24, 2.45) is 5.92 Å². The highest BCUT2D eigenvalue weighted by molar-refractivity contribution is 5.95. The van der Waals surface area contributed by atoms with E-state index in [0.29, 0.717) is 29.0 Å². The molecule has 6 nitrogen and oxygen atoms in total. The van der Waals surface area contributed by atoms with E-state index < -0.39 is 0 Å². The van der Waals surface area contributed by atoms with Gasteiger partial charge in [0, 0.05) is 18.7 Å². The first-order valence-electron chi connectivity index (χ1n) is 12.0. The van der Waals surface area contributed by atoms with Gasteiger partial charge in [0.25, 0.3) is 0 Å². The standard InChI is InChI=1S/C27H37N3O3/c1-18(2)27(22-12-10-21(11-13-22)20-8-6-5-7-9-20)28-17-26(32)30-24-16-23(29-19(3)31)14-15-25(24)33-4/h10-16,18,20,27-28H,5-9,17H2,1-4H3,(H,29,31)(H,30,32)/t27-/m0/s1. The van der Waals surface area contributed by atoms with Crippen molar-refractivity contribution in [3.63, 3.8) is 0 Å². The highest BCUT2D eigenvalue weighted by Gasteiger charge is 2.19. The third-order valence-corrected chi connectivity index (χ3v) is 6.32. The fourth-order valence-corrected chi connectivity index (χ4v) is 4.63. The third-order valence-electron chi connectivity index (χ3n) is 6.32. The van der Waals surface area contributed by atoms with Gasteiger partial charge in [-0.1, -0.05) is 57.4 Å². The van der Waals surface area contributed by atoms with Crippen LogP contribution >= 0.6 is 0 Å². The van der Waals surface area contributed by atoms with Crippen LogP contribution in [0.3, 0.4) is 0 Å². The van der Waals surface area contributed by atoms with Crippen LogP contribution in [0.25, 0.3) is 0 Å². The molecule has 0 radical (unpaired) electrons. The van der Waals surface area contributed by atoms with Gasteiger partial charge in [0.05, 0.1) is 19.3 Å². The molecule has 0 heterocycles. The Morgan fingerprint density at radius 3 is 2.30 bits per heavy atom. The fraction of sp³-hybridized carbons (Fsp3) is 0.481. The van der Waals surface area contributed by atoms with E-state index in [4.69, 9.17) is 4.74 Å². The summed E-state index contributed by atoms with van der Waals surface area (Å²) in [5, 5.41) is 9.03. The zero-order chi connectivity index (χ0) is 23.8. The lowest BCUT2D eigenvalue weighted by atomic mass is 9.83. The molecule has 1 saturated carbocycles. The van der Waals surface area contributed by atoms with E-state index in [9.17, 15) is 9.59 Å². The lowest BCUT2D eigenvalue weighted by Crippen LogP contribution is -2.33. The van der Waals surface area contributed by atoms with Crippen LogP contribution in [-0.2, 0) is 9.59 Å². The van der Waals surface area contributed by atoms with Gasteiger partial charge < -0.3 is 20.7 Å². The molecule has 1 atom stereocenters. The number of carbonyl (C=O) groups is 2. The quantitative estimate of drug-likeness (QED) is 0.462. The van der Waals surface area contributed by atoms with Gasteiger partial charge in [0.15, 0.2) is 0 Å². The maximum absolute atomic E-state index is 12.7. The van der Waals surface area contributed by atoms with Crippen molar-refractivity contribution in [3.05, 3.63) is 53.6 Å². The van der Waals surface area contributed by atoms with E-state index in [1.807, 2.05) is 0 Å². The van der Waals surface area contributed by atoms with E-state index in [0.717, 1.165) is 0 Å². The van der Waals surface area contributed by atoms with Gasteiger partial charge in [0.2, 0.25) is 11.8 Å². The number of ether oxygens (including phenoxy) is 1. The molecule has 3 N–H and O–H groups in total. The topological polar surface area (TPSA) is 79.5 Å². The zero-order valence-corrected chi connectivity index (χ0v) is 20.2. The zero-order valence-electron chi connectivity index (χ0n) is 20.2. The summed E-state index contributed by atoms with van der Waals surface area (Å²) in [6, 6.07) is 14.2. The smallest absolute Gasteiger partial charge is 0.238 e. The largest absolute Gasteiger partial charge is 0.495 e. The molecule has 0 unspecified atom stereocenters. The van der Waals surface area contributed by atoms with Crippen LogP contribution in [0.5, 0.6) is 5.75 Å². The molecule has 6 heteroatoms. The Morgan fingerprint density at radius 2 is 1.70 bits per heavy atom. The molecular formula is C27H37N3O3. The van der Waals surface area contributed by atoms with Gasteiger partial charge in [-0.05, 0) is 54.0 Å². The number of anilines is 2. The van der Waals surface area contributed by atoms with Gasteiger partial charge in [-0.2, -0.15) is 0 Å². The molecule has 1 aliphatic carbocycles. The first kappa shape index (κ1) is 24.8. The summed E-state index contributed by atoms with van der Waals surface area (Å²) in [7, 11) is 1.55. The number of rotatable bonds is 9. The predicted octanol–water partition coefficient (Wildman–Crippen LogP) is 5.63. The number of benzene rings is 2. The SMILES string of the molecule is COc1ccc(NC(C)=O)cc1NC(=O)CN[C@H](c1ccc(C2CCCCC2)cc1)C(C)C. The van der Waals surface area contributed by atoms with E-state index >= 15 is 0 Å². The van der Waals surface area contributed by atoms with Crippen LogP contribution in [0.15, 0.2) is 42.5 Å². The summed E-state index contributed by atoms with van der Waals surface area (Å²) in [6.45, 7) is 5.93. The molecule has 0 aliphatic heterocycles. The van der Waals surface area contributed by atoms with E-state index in [-0.39, 0.29) is 24.4 Å². The normalized spacial score (nSPS) is 15.2. The van der Waals surface area contributed by atoms with E-state index in [2.05, 4.69) is 54.1 Å². The highest BCUT2D eigenvalue weighted by atomic mass is 16.5. The Kier molecular flexibility index (Phi) is 8.89. The molecule has 0 spiro atoms. The Labute approximate surface area is 197 Å². The molecule has 178 valence electrons. The van der Waals surface area contributed by atoms with Gasteiger partial charge >= 0.3 is 0 Å². The van der Waals surface area contributed by atoms with Crippen molar-refractivity contribution in [1.29, 1.82) is 0 Å². The molecule has 0 aromatic heterocycles. The van der Waals surface area contributed by atoms with Gasteiger partial charge in [-0.25, -0.2) is 0 Å².